The van der Waals surface area contributed by atoms with E-state index in [0.717, 1.165) is 16.6 Å². The molecule has 0 amide bonds. The number of benzene rings is 2. The van der Waals surface area contributed by atoms with Gasteiger partial charge in [0.15, 0.2) is 11.6 Å². The number of imidazole rings is 1. The van der Waals surface area contributed by atoms with Gasteiger partial charge in [0.2, 0.25) is 0 Å². The van der Waals surface area contributed by atoms with Gasteiger partial charge in [0.25, 0.3) is 0 Å². The van der Waals surface area contributed by atoms with Crippen LogP contribution in [0.15, 0.2) is 42.5 Å². The van der Waals surface area contributed by atoms with Crippen molar-refractivity contribution in [3.8, 4) is 5.75 Å². The summed E-state index contributed by atoms with van der Waals surface area (Å²) in [5, 5.41) is 0. The Hall–Kier alpha value is -1.82. The number of fused-ring (bicyclic) bond motifs is 1. The van der Waals surface area contributed by atoms with Crippen molar-refractivity contribution in [3.63, 3.8) is 0 Å². The summed E-state index contributed by atoms with van der Waals surface area (Å²) in [5.74, 6) is 0.551. The van der Waals surface area contributed by atoms with E-state index in [9.17, 15) is 4.39 Å². The third-order valence-corrected chi connectivity index (χ3v) is 3.43. The number of para-hydroxylation sites is 2. The molecule has 4 nitrogen and oxygen atoms in total. The van der Waals surface area contributed by atoms with Gasteiger partial charge >= 0.3 is 0 Å². The quantitative estimate of drug-likeness (QED) is 0.746. The predicted molar refractivity (Wildman–Crippen MR) is 94.2 cm³/mol. The van der Waals surface area contributed by atoms with E-state index in [0.29, 0.717) is 12.2 Å². The van der Waals surface area contributed by atoms with Gasteiger partial charge in [0.05, 0.1) is 24.2 Å². The molecular weight excluding hydrogens is 340 g/mol. The third-order valence-electron chi connectivity index (χ3n) is 3.43. The van der Waals surface area contributed by atoms with Crippen LogP contribution in [0.1, 0.15) is 17.4 Å². The van der Waals surface area contributed by atoms with Crippen molar-refractivity contribution in [2.45, 2.75) is 12.5 Å². The van der Waals surface area contributed by atoms with Gasteiger partial charge in [-0.15, -0.1) is 24.8 Å². The summed E-state index contributed by atoms with van der Waals surface area (Å²) in [6, 6.07) is 12.3. The van der Waals surface area contributed by atoms with Crippen LogP contribution in [-0.4, -0.2) is 17.1 Å². The van der Waals surface area contributed by atoms with Gasteiger partial charge in [0.1, 0.15) is 5.82 Å². The normalized spacial score (nSPS) is 11.4. The number of H-pyrrole nitrogens is 1. The molecule has 124 valence electrons. The molecule has 0 aliphatic heterocycles. The minimum atomic E-state index is -0.383. The number of hydrogen-bond acceptors (Lipinski definition) is 3. The first-order chi connectivity index (χ1) is 10.2. The van der Waals surface area contributed by atoms with Crippen LogP contribution in [0.5, 0.6) is 5.75 Å². The van der Waals surface area contributed by atoms with Gasteiger partial charge in [-0.3, -0.25) is 0 Å². The topological polar surface area (TPSA) is 63.9 Å². The van der Waals surface area contributed by atoms with Gasteiger partial charge in [-0.05, 0) is 36.2 Å². The van der Waals surface area contributed by atoms with Crippen molar-refractivity contribution < 1.29 is 9.13 Å². The van der Waals surface area contributed by atoms with Crippen molar-refractivity contribution in [2.24, 2.45) is 5.73 Å². The lowest BCUT2D eigenvalue weighted by Gasteiger charge is -2.10. The largest absolute Gasteiger partial charge is 0.494 e. The van der Waals surface area contributed by atoms with E-state index < -0.39 is 0 Å². The van der Waals surface area contributed by atoms with Crippen LogP contribution in [-0.2, 0) is 6.42 Å². The molecule has 3 rings (SSSR count). The molecule has 3 aromatic rings. The van der Waals surface area contributed by atoms with Crippen LogP contribution in [0, 0.1) is 5.82 Å². The number of nitrogens with one attached hydrogen (secondary N) is 1. The number of halogens is 3. The second-order valence-electron chi connectivity index (χ2n) is 4.92. The lowest BCUT2D eigenvalue weighted by Crippen LogP contribution is -2.15. The van der Waals surface area contributed by atoms with Gasteiger partial charge < -0.3 is 15.5 Å². The highest BCUT2D eigenvalue weighted by atomic mass is 35.5. The van der Waals surface area contributed by atoms with Gasteiger partial charge in [-0.25, -0.2) is 9.37 Å². The molecule has 0 aliphatic rings. The molecule has 0 radical (unpaired) electrons. The third kappa shape index (κ3) is 4.13. The maximum Gasteiger partial charge on any atom is 0.165 e. The second kappa shape index (κ2) is 8.15. The Morgan fingerprint density at radius 1 is 1.22 bits per heavy atom. The first-order valence-corrected chi connectivity index (χ1v) is 6.70. The molecule has 0 aliphatic carbocycles. The Morgan fingerprint density at radius 3 is 2.61 bits per heavy atom. The number of rotatable bonds is 4. The molecule has 1 heterocycles. The van der Waals surface area contributed by atoms with E-state index >= 15 is 0 Å². The number of nitrogens with two attached hydrogens (primary N) is 1. The van der Waals surface area contributed by atoms with Crippen LogP contribution in [0.3, 0.4) is 0 Å². The molecule has 0 bridgehead atoms. The summed E-state index contributed by atoms with van der Waals surface area (Å²) in [6.07, 6.45) is 0.501. The van der Waals surface area contributed by atoms with Crippen LogP contribution < -0.4 is 10.5 Å². The molecule has 1 aromatic heterocycles. The van der Waals surface area contributed by atoms with E-state index in [2.05, 4.69) is 9.97 Å². The molecule has 1 unspecified atom stereocenters. The summed E-state index contributed by atoms with van der Waals surface area (Å²) in [6.45, 7) is 0. The zero-order valence-corrected chi connectivity index (χ0v) is 14.1. The average molecular weight is 358 g/mol. The highest BCUT2D eigenvalue weighted by molar-refractivity contribution is 5.85. The summed E-state index contributed by atoms with van der Waals surface area (Å²) in [4.78, 5) is 7.66. The summed E-state index contributed by atoms with van der Waals surface area (Å²) < 4.78 is 18.6. The van der Waals surface area contributed by atoms with Gasteiger partial charge in [-0.2, -0.15) is 0 Å². The Bertz CT molecular complexity index is 746. The standard InChI is InChI=1S/C16H16FN3O.2ClH/c1-21-15-7-6-10(8-11(15)17)9-12(18)16-19-13-4-2-3-5-14(13)20-16;;/h2-8,12H,9,18H2,1H3,(H,19,20);2*1H. The Kier molecular flexibility index (Phi) is 6.81. The zero-order valence-electron chi connectivity index (χ0n) is 12.5. The molecule has 7 heteroatoms. The number of nitrogens with zero attached hydrogens (tertiary/aromatic N) is 1. The van der Waals surface area contributed by atoms with Gasteiger partial charge in [-0.1, -0.05) is 18.2 Å². The second-order valence-corrected chi connectivity index (χ2v) is 4.92. The predicted octanol–water partition coefficient (Wildman–Crippen LogP) is 3.80. The van der Waals surface area contributed by atoms with Crippen LogP contribution in [0.25, 0.3) is 11.0 Å². The zero-order chi connectivity index (χ0) is 14.8. The SMILES string of the molecule is COc1ccc(CC(N)c2nc3ccccc3[nH]2)cc1F.Cl.Cl. The number of aromatic nitrogens is 2. The van der Waals surface area contributed by atoms with Crippen LogP contribution in [0.2, 0.25) is 0 Å². The molecule has 0 fully saturated rings. The van der Waals surface area contributed by atoms with E-state index in [1.807, 2.05) is 30.3 Å². The molecule has 2 aromatic carbocycles. The van der Waals surface area contributed by atoms with Crippen molar-refractivity contribution in [1.29, 1.82) is 0 Å². The molecule has 1 atom stereocenters. The monoisotopic (exact) mass is 357 g/mol. The fourth-order valence-electron chi connectivity index (χ4n) is 2.34. The van der Waals surface area contributed by atoms with E-state index in [4.69, 9.17) is 10.5 Å². The summed E-state index contributed by atoms with van der Waals surface area (Å²) in [7, 11) is 1.44. The highest BCUT2D eigenvalue weighted by Crippen LogP contribution is 2.22. The maximum absolute atomic E-state index is 13.7. The van der Waals surface area contributed by atoms with Crippen molar-refractivity contribution in [2.75, 3.05) is 7.11 Å². The molecule has 3 N–H and O–H groups in total. The average Bonchev–Trinajstić information content (AvgIpc) is 2.91. The summed E-state index contributed by atoms with van der Waals surface area (Å²) >= 11 is 0. The van der Waals surface area contributed by atoms with Crippen LogP contribution in [0.4, 0.5) is 4.39 Å². The van der Waals surface area contributed by atoms with Crippen LogP contribution >= 0.6 is 24.8 Å². The summed E-state index contributed by atoms with van der Waals surface area (Å²) in [5.41, 5.74) is 8.80. The molecular formula is C16H18Cl2FN3O. The smallest absolute Gasteiger partial charge is 0.165 e. The lowest BCUT2D eigenvalue weighted by atomic mass is 10.1. The first-order valence-electron chi connectivity index (χ1n) is 6.70. The molecule has 0 spiro atoms. The minimum absolute atomic E-state index is 0. The number of ether oxygens (including phenoxy) is 1. The van der Waals surface area contributed by atoms with E-state index in [-0.39, 0.29) is 42.4 Å². The highest BCUT2D eigenvalue weighted by Gasteiger charge is 2.13. The van der Waals surface area contributed by atoms with E-state index in [1.165, 1.54) is 13.2 Å². The molecule has 0 saturated heterocycles. The van der Waals surface area contributed by atoms with Crippen molar-refractivity contribution in [1.82, 2.24) is 9.97 Å². The molecule has 0 saturated carbocycles. The Labute approximate surface area is 146 Å². The maximum atomic E-state index is 13.7. The number of aromatic amines is 1. The van der Waals surface area contributed by atoms with Crippen molar-refractivity contribution in [3.05, 3.63) is 59.7 Å². The Morgan fingerprint density at radius 2 is 1.96 bits per heavy atom. The fourth-order valence-corrected chi connectivity index (χ4v) is 2.34. The minimum Gasteiger partial charge on any atom is -0.494 e. The Balaban J connectivity index is 0.00000132. The number of hydrogen-bond donors (Lipinski definition) is 2. The lowest BCUT2D eigenvalue weighted by molar-refractivity contribution is 0.386. The fraction of sp³-hybridized carbons (Fsp3) is 0.188. The van der Waals surface area contributed by atoms with Gasteiger partial charge in [0, 0.05) is 0 Å². The van der Waals surface area contributed by atoms with E-state index in [1.54, 1.807) is 6.07 Å². The van der Waals surface area contributed by atoms with Crippen molar-refractivity contribution >= 4 is 35.8 Å². The first kappa shape index (κ1) is 19.2. The number of methoxy groups -OCH3 is 1. The molecule has 23 heavy (non-hydrogen) atoms.